The Hall–Kier alpha value is -2.40. The summed E-state index contributed by atoms with van der Waals surface area (Å²) >= 11 is 0. The van der Waals surface area contributed by atoms with E-state index in [9.17, 15) is 14.7 Å². The first kappa shape index (κ1) is 44.6. The van der Waals surface area contributed by atoms with Crippen LogP contribution in [0.25, 0.3) is 0 Å². The topological polar surface area (TPSA) is 72.8 Å². The van der Waals surface area contributed by atoms with E-state index in [1.807, 2.05) is 0 Å². The summed E-state index contributed by atoms with van der Waals surface area (Å²) in [5.74, 6) is -0.641. The molecule has 47 heavy (non-hydrogen) atoms. The quantitative estimate of drug-likeness (QED) is 0.0424. The normalized spacial score (nSPS) is 12.8. The number of hydrogen-bond donors (Lipinski definition) is 1. The number of esters is 2. The lowest BCUT2D eigenvalue weighted by molar-refractivity contribution is -0.161. The van der Waals surface area contributed by atoms with Gasteiger partial charge in [-0.1, -0.05) is 139 Å². The van der Waals surface area contributed by atoms with Gasteiger partial charge in [-0.25, -0.2) is 0 Å². The van der Waals surface area contributed by atoms with Crippen LogP contribution >= 0.6 is 0 Å². The van der Waals surface area contributed by atoms with Crippen LogP contribution in [-0.2, 0) is 19.1 Å². The Morgan fingerprint density at radius 1 is 0.489 bits per heavy atom. The van der Waals surface area contributed by atoms with Gasteiger partial charge in [-0.2, -0.15) is 0 Å². The molecule has 0 spiro atoms. The summed E-state index contributed by atoms with van der Waals surface area (Å²) in [6.45, 7) is 4.05. The van der Waals surface area contributed by atoms with E-state index in [-0.39, 0.29) is 25.2 Å². The predicted octanol–water partition coefficient (Wildman–Crippen LogP) is 12.0. The maximum Gasteiger partial charge on any atom is 0.306 e. The second kappa shape index (κ2) is 38.1. The fraction of sp³-hybridized carbons (Fsp3) is 0.714. The molecule has 0 saturated heterocycles. The third kappa shape index (κ3) is 36.3. The highest BCUT2D eigenvalue weighted by molar-refractivity contribution is 5.70. The standard InChI is InChI=1S/C42H72O5/c1-3-5-7-9-11-13-15-17-19-20-21-22-23-25-27-29-31-33-35-37-42(45)47-40(38-43)39-46-41(44)36-34-32-30-28-26-24-18-16-14-12-10-8-6-4-2/h11,13,16-19,21-22,25,27,40,43H,3-10,12,14-15,20,23-24,26,28-39H2,1-2H3/b13-11+,18-16+,19-17+,22-21+,27-25+/t40-/m0/s1. The van der Waals surface area contributed by atoms with E-state index in [2.05, 4.69) is 74.6 Å². The first-order valence-corrected chi connectivity index (χ1v) is 19.3. The summed E-state index contributed by atoms with van der Waals surface area (Å²) in [6.07, 6.45) is 48.4. The Kier molecular flexibility index (Phi) is 36.1. The van der Waals surface area contributed by atoms with Gasteiger partial charge < -0.3 is 14.6 Å². The molecule has 0 aliphatic rings. The highest BCUT2D eigenvalue weighted by atomic mass is 16.6. The van der Waals surface area contributed by atoms with Crippen molar-refractivity contribution in [3.8, 4) is 0 Å². The summed E-state index contributed by atoms with van der Waals surface area (Å²) < 4.78 is 10.6. The molecule has 0 bridgehead atoms. The maximum atomic E-state index is 12.2. The molecule has 5 nitrogen and oxygen atoms in total. The van der Waals surface area contributed by atoms with Gasteiger partial charge in [-0.15, -0.1) is 0 Å². The van der Waals surface area contributed by atoms with Crippen LogP contribution in [0.5, 0.6) is 0 Å². The van der Waals surface area contributed by atoms with Gasteiger partial charge in [0.15, 0.2) is 6.10 Å². The van der Waals surface area contributed by atoms with Crippen LogP contribution in [-0.4, -0.2) is 36.4 Å². The Balaban J connectivity index is 3.67. The zero-order valence-electron chi connectivity index (χ0n) is 30.5. The zero-order valence-corrected chi connectivity index (χ0v) is 30.5. The third-order valence-electron chi connectivity index (χ3n) is 8.03. The molecule has 5 heteroatoms. The molecule has 0 aliphatic carbocycles. The second-order valence-corrected chi connectivity index (χ2v) is 12.6. The molecule has 0 aromatic rings. The SMILES string of the molecule is CCCCC/C=C/C/C=C/C/C=C/C/C=C/CCCCCC(=O)O[C@@H](CO)COC(=O)CCCCCCC/C=C/CCCCCCC. The summed E-state index contributed by atoms with van der Waals surface area (Å²) in [5.41, 5.74) is 0. The molecule has 1 atom stereocenters. The van der Waals surface area contributed by atoms with Crippen molar-refractivity contribution in [3.63, 3.8) is 0 Å². The lowest BCUT2D eigenvalue weighted by Crippen LogP contribution is -2.28. The van der Waals surface area contributed by atoms with Gasteiger partial charge in [0.1, 0.15) is 6.61 Å². The zero-order chi connectivity index (χ0) is 34.3. The lowest BCUT2D eigenvalue weighted by atomic mass is 10.1. The van der Waals surface area contributed by atoms with Gasteiger partial charge in [0.05, 0.1) is 6.61 Å². The molecule has 0 fully saturated rings. The molecular formula is C42H72O5. The molecular weight excluding hydrogens is 584 g/mol. The number of rotatable bonds is 34. The average Bonchev–Trinajstić information content (AvgIpc) is 3.07. The van der Waals surface area contributed by atoms with E-state index < -0.39 is 6.10 Å². The number of unbranched alkanes of at least 4 members (excludes halogenated alkanes) is 16. The minimum Gasteiger partial charge on any atom is -0.462 e. The summed E-state index contributed by atoms with van der Waals surface area (Å²) in [6, 6.07) is 0. The largest absolute Gasteiger partial charge is 0.462 e. The first-order valence-electron chi connectivity index (χ1n) is 19.3. The number of ether oxygens (including phenoxy) is 2. The number of carbonyl (C=O) groups is 2. The lowest BCUT2D eigenvalue weighted by Gasteiger charge is -2.15. The van der Waals surface area contributed by atoms with Gasteiger partial charge in [-0.05, 0) is 83.5 Å². The van der Waals surface area contributed by atoms with Gasteiger partial charge >= 0.3 is 11.9 Å². The van der Waals surface area contributed by atoms with Crippen LogP contribution < -0.4 is 0 Å². The van der Waals surface area contributed by atoms with Gasteiger partial charge in [0.25, 0.3) is 0 Å². The fourth-order valence-electron chi connectivity index (χ4n) is 5.06. The highest BCUT2D eigenvalue weighted by Gasteiger charge is 2.16. The Bertz CT molecular complexity index is 838. The van der Waals surface area contributed by atoms with Gasteiger partial charge in [0.2, 0.25) is 0 Å². The monoisotopic (exact) mass is 657 g/mol. The Morgan fingerprint density at radius 2 is 0.851 bits per heavy atom. The minimum absolute atomic E-state index is 0.0852. The molecule has 0 aliphatic heterocycles. The second-order valence-electron chi connectivity index (χ2n) is 12.6. The van der Waals surface area contributed by atoms with E-state index in [0.717, 1.165) is 70.6 Å². The predicted molar refractivity (Wildman–Crippen MR) is 200 cm³/mol. The Morgan fingerprint density at radius 3 is 1.36 bits per heavy atom. The van der Waals surface area contributed by atoms with E-state index in [1.165, 1.54) is 77.0 Å². The molecule has 0 heterocycles. The Labute approximate surface area is 290 Å². The van der Waals surface area contributed by atoms with Gasteiger partial charge in [-0.3, -0.25) is 9.59 Å². The van der Waals surface area contributed by atoms with Crippen molar-refractivity contribution in [2.75, 3.05) is 13.2 Å². The van der Waals surface area contributed by atoms with Crippen molar-refractivity contribution in [2.24, 2.45) is 0 Å². The highest BCUT2D eigenvalue weighted by Crippen LogP contribution is 2.11. The van der Waals surface area contributed by atoms with Crippen molar-refractivity contribution >= 4 is 11.9 Å². The number of aliphatic hydroxyl groups excluding tert-OH is 1. The molecule has 1 N–H and O–H groups in total. The molecule has 0 unspecified atom stereocenters. The van der Waals surface area contributed by atoms with Crippen LogP contribution in [0.2, 0.25) is 0 Å². The maximum absolute atomic E-state index is 12.2. The summed E-state index contributed by atoms with van der Waals surface area (Å²) in [5, 5.41) is 9.54. The van der Waals surface area contributed by atoms with E-state index >= 15 is 0 Å². The third-order valence-corrected chi connectivity index (χ3v) is 8.03. The molecule has 0 aromatic carbocycles. The van der Waals surface area contributed by atoms with Gasteiger partial charge in [0, 0.05) is 12.8 Å². The number of allylic oxidation sites excluding steroid dienone is 10. The molecule has 0 aromatic heterocycles. The van der Waals surface area contributed by atoms with Crippen molar-refractivity contribution in [2.45, 2.75) is 180 Å². The molecule has 0 rings (SSSR count). The average molecular weight is 657 g/mol. The summed E-state index contributed by atoms with van der Waals surface area (Å²) in [7, 11) is 0. The number of aliphatic hydroxyl groups is 1. The smallest absolute Gasteiger partial charge is 0.306 e. The van der Waals surface area contributed by atoms with Crippen LogP contribution in [0.3, 0.4) is 0 Å². The molecule has 0 radical (unpaired) electrons. The van der Waals surface area contributed by atoms with Crippen LogP contribution in [0, 0.1) is 0 Å². The number of hydrogen-bond acceptors (Lipinski definition) is 5. The molecule has 0 saturated carbocycles. The summed E-state index contributed by atoms with van der Waals surface area (Å²) in [4.78, 5) is 24.2. The van der Waals surface area contributed by atoms with E-state index in [1.54, 1.807) is 0 Å². The minimum atomic E-state index is -0.792. The van der Waals surface area contributed by atoms with Crippen LogP contribution in [0.4, 0.5) is 0 Å². The van der Waals surface area contributed by atoms with Crippen molar-refractivity contribution in [1.82, 2.24) is 0 Å². The van der Waals surface area contributed by atoms with Crippen molar-refractivity contribution < 1.29 is 24.2 Å². The molecule has 0 amide bonds. The van der Waals surface area contributed by atoms with Crippen molar-refractivity contribution in [3.05, 3.63) is 60.8 Å². The van der Waals surface area contributed by atoms with E-state index in [4.69, 9.17) is 9.47 Å². The first-order chi connectivity index (χ1) is 23.1. The van der Waals surface area contributed by atoms with Crippen LogP contribution in [0.1, 0.15) is 174 Å². The number of carbonyl (C=O) groups excluding carboxylic acids is 2. The fourth-order valence-corrected chi connectivity index (χ4v) is 5.06. The van der Waals surface area contributed by atoms with E-state index in [0.29, 0.717) is 12.8 Å². The molecule has 270 valence electrons. The van der Waals surface area contributed by atoms with Crippen molar-refractivity contribution in [1.29, 1.82) is 0 Å². The van der Waals surface area contributed by atoms with Crippen LogP contribution in [0.15, 0.2) is 60.8 Å².